The molecular weight excluding hydrogens is 294 g/mol. The molecule has 8 nitrogen and oxygen atoms in total. The fourth-order valence-electron chi connectivity index (χ4n) is 1.55. The number of hydrogen-bond donors (Lipinski definition) is 2. The quantitative estimate of drug-likeness (QED) is 0.793. The van der Waals surface area contributed by atoms with Crippen LogP contribution >= 0.6 is 11.6 Å². The van der Waals surface area contributed by atoms with Gasteiger partial charge in [-0.25, -0.2) is 4.68 Å². The summed E-state index contributed by atoms with van der Waals surface area (Å²) in [5, 5.41) is 9.83. The van der Waals surface area contributed by atoms with Gasteiger partial charge in [0, 0.05) is 31.9 Å². The summed E-state index contributed by atoms with van der Waals surface area (Å²) in [6, 6.07) is 1.75. The summed E-state index contributed by atoms with van der Waals surface area (Å²) in [7, 11) is 0. The van der Waals surface area contributed by atoms with Crippen molar-refractivity contribution in [1.82, 2.24) is 30.0 Å². The van der Waals surface area contributed by atoms with Crippen molar-refractivity contribution in [2.75, 3.05) is 18.4 Å². The number of amides is 1. The molecule has 2 rings (SSSR count). The number of halogens is 1. The molecule has 0 fully saturated rings. The van der Waals surface area contributed by atoms with Crippen LogP contribution in [0, 0.1) is 0 Å². The van der Waals surface area contributed by atoms with E-state index >= 15 is 0 Å². The molecule has 1 amide bonds. The Bertz CT molecular complexity index is 587. The van der Waals surface area contributed by atoms with E-state index in [9.17, 15) is 4.79 Å². The number of carbonyl (C=O) groups is 1. The highest BCUT2D eigenvalue weighted by molar-refractivity contribution is 6.28. The van der Waals surface area contributed by atoms with Crippen LogP contribution in [0.5, 0.6) is 0 Å². The van der Waals surface area contributed by atoms with Crippen molar-refractivity contribution in [3.8, 4) is 5.95 Å². The van der Waals surface area contributed by atoms with Crippen molar-refractivity contribution < 1.29 is 4.79 Å². The first-order chi connectivity index (χ1) is 10.2. The zero-order valence-corrected chi connectivity index (χ0v) is 12.3. The van der Waals surface area contributed by atoms with E-state index in [4.69, 9.17) is 11.6 Å². The molecule has 0 aromatic carbocycles. The van der Waals surface area contributed by atoms with E-state index < -0.39 is 0 Å². The van der Waals surface area contributed by atoms with Gasteiger partial charge in [-0.1, -0.05) is 6.92 Å². The number of carbonyl (C=O) groups excluding carboxylic acids is 1. The SMILES string of the molecule is CCCNC(=O)CCNc1nc(Cl)nc(-n2cccn2)n1. The van der Waals surface area contributed by atoms with E-state index in [1.165, 1.54) is 4.68 Å². The van der Waals surface area contributed by atoms with E-state index in [1.807, 2.05) is 6.92 Å². The van der Waals surface area contributed by atoms with Crippen LogP contribution in [0.25, 0.3) is 5.95 Å². The summed E-state index contributed by atoms with van der Waals surface area (Å²) in [6.45, 7) is 3.09. The molecule has 9 heteroatoms. The molecule has 2 heterocycles. The van der Waals surface area contributed by atoms with Gasteiger partial charge in [-0.05, 0) is 24.1 Å². The minimum Gasteiger partial charge on any atom is -0.356 e. The first kappa shape index (κ1) is 15.2. The Hall–Kier alpha value is -2.22. The van der Waals surface area contributed by atoms with Crippen LogP contribution in [-0.2, 0) is 4.79 Å². The van der Waals surface area contributed by atoms with Gasteiger partial charge in [0.05, 0.1) is 0 Å². The van der Waals surface area contributed by atoms with Gasteiger partial charge in [-0.15, -0.1) is 0 Å². The van der Waals surface area contributed by atoms with E-state index in [2.05, 4.69) is 30.7 Å². The fourth-order valence-corrected chi connectivity index (χ4v) is 1.70. The summed E-state index contributed by atoms with van der Waals surface area (Å²) in [6.07, 6.45) is 4.56. The Balaban J connectivity index is 1.93. The van der Waals surface area contributed by atoms with Gasteiger partial charge in [0.25, 0.3) is 5.95 Å². The molecule has 0 aliphatic heterocycles. The molecule has 2 aromatic heterocycles. The smallest absolute Gasteiger partial charge is 0.256 e. The summed E-state index contributed by atoms with van der Waals surface area (Å²) in [5.41, 5.74) is 0. The van der Waals surface area contributed by atoms with Gasteiger partial charge >= 0.3 is 0 Å². The molecule has 0 saturated carbocycles. The number of hydrogen-bond acceptors (Lipinski definition) is 6. The number of rotatable bonds is 7. The maximum Gasteiger partial charge on any atom is 0.256 e. The Morgan fingerprint density at radius 3 is 2.90 bits per heavy atom. The van der Waals surface area contributed by atoms with E-state index in [-0.39, 0.29) is 11.2 Å². The second kappa shape index (κ2) is 7.53. The molecule has 0 radical (unpaired) electrons. The minimum atomic E-state index is -0.0168. The van der Waals surface area contributed by atoms with Gasteiger partial charge < -0.3 is 10.6 Å². The lowest BCUT2D eigenvalue weighted by Gasteiger charge is -2.07. The predicted molar refractivity (Wildman–Crippen MR) is 78.4 cm³/mol. The van der Waals surface area contributed by atoms with Crippen LogP contribution in [0.4, 0.5) is 5.95 Å². The largest absolute Gasteiger partial charge is 0.356 e. The maximum atomic E-state index is 11.5. The van der Waals surface area contributed by atoms with Crippen LogP contribution in [-0.4, -0.2) is 43.7 Å². The lowest BCUT2D eigenvalue weighted by Crippen LogP contribution is -2.26. The van der Waals surface area contributed by atoms with Crippen molar-refractivity contribution in [1.29, 1.82) is 0 Å². The highest BCUT2D eigenvalue weighted by Gasteiger charge is 2.07. The Morgan fingerprint density at radius 1 is 1.33 bits per heavy atom. The second-order valence-electron chi connectivity index (χ2n) is 4.21. The third-order valence-corrected chi connectivity index (χ3v) is 2.68. The van der Waals surface area contributed by atoms with Crippen LogP contribution in [0.2, 0.25) is 5.28 Å². The van der Waals surface area contributed by atoms with E-state index in [1.54, 1.807) is 18.5 Å². The van der Waals surface area contributed by atoms with Crippen LogP contribution in [0.15, 0.2) is 18.5 Å². The normalized spacial score (nSPS) is 10.4. The number of anilines is 1. The minimum absolute atomic E-state index is 0.0168. The summed E-state index contributed by atoms with van der Waals surface area (Å²) >= 11 is 5.85. The third kappa shape index (κ3) is 4.67. The van der Waals surface area contributed by atoms with Crippen LogP contribution in [0.3, 0.4) is 0 Å². The summed E-state index contributed by atoms with van der Waals surface area (Å²) in [4.78, 5) is 23.6. The molecule has 2 aromatic rings. The molecule has 0 saturated heterocycles. The molecule has 21 heavy (non-hydrogen) atoms. The number of aromatic nitrogens is 5. The molecule has 112 valence electrons. The number of nitrogens with zero attached hydrogens (tertiary/aromatic N) is 5. The Labute approximate surface area is 127 Å². The highest BCUT2D eigenvalue weighted by Crippen LogP contribution is 2.08. The topological polar surface area (TPSA) is 97.6 Å². The van der Waals surface area contributed by atoms with Gasteiger partial charge in [0.2, 0.25) is 17.1 Å². The monoisotopic (exact) mass is 309 g/mol. The fraction of sp³-hybridized carbons (Fsp3) is 0.417. The highest BCUT2D eigenvalue weighted by atomic mass is 35.5. The molecule has 0 bridgehead atoms. The third-order valence-electron chi connectivity index (χ3n) is 2.51. The van der Waals surface area contributed by atoms with Crippen molar-refractivity contribution in [3.63, 3.8) is 0 Å². The molecule has 0 aliphatic rings. The molecular formula is C12H16ClN7O. The van der Waals surface area contributed by atoms with E-state index in [0.29, 0.717) is 31.4 Å². The van der Waals surface area contributed by atoms with Crippen LogP contribution in [0.1, 0.15) is 19.8 Å². The van der Waals surface area contributed by atoms with Gasteiger partial charge in [0.15, 0.2) is 0 Å². The predicted octanol–water partition coefficient (Wildman–Crippen LogP) is 1.04. The Morgan fingerprint density at radius 2 is 2.19 bits per heavy atom. The first-order valence-corrected chi connectivity index (χ1v) is 6.99. The lowest BCUT2D eigenvalue weighted by atomic mass is 10.4. The molecule has 0 atom stereocenters. The van der Waals surface area contributed by atoms with Crippen molar-refractivity contribution >= 4 is 23.5 Å². The van der Waals surface area contributed by atoms with Crippen molar-refractivity contribution in [2.24, 2.45) is 0 Å². The van der Waals surface area contributed by atoms with Gasteiger partial charge in [-0.3, -0.25) is 4.79 Å². The average Bonchev–Trinajstić information content (AvgIpc) is 2.99. The lowest BCUT2D eigenvalue weighted by molar-refractivity contribution is -0.120. The first-order valence-electron chi connectivity index (χ1n) is 6.61. The molecule has 2 N–H and O–H groups in total. The number of nitrogens with one attached hydrogen (secondary N) is 2. The zero-order valence-electron chi connectivity index (χ0n) is 11.6. The summed E-state index contributed by atoms with van der Waals surface area (Å²) < 4.78 is 1.48. The summed E-state index contributed by atoms with van der Waals surface area (Å²) in [5.74, 6) is 0.610. The maximum absolute atomic E-state index is 11.5. The van der Waals surface area contributed by atoms with Gasteiger partial charge in [0.1, 0.15) is 0 Å². The van der Waals surface area contributed by atoms with Crippen molar-refractivity contribution in [3.05, 3.63) is 23.7 Å². The average molecular weight is 310 g/mol. The standard InChI is InChI=1S/C12H16ClN7O/c1-2-5-14-9(21)4-7-15-11-17-10(13)18-12(19-11)20-8-3-6-16-20/h3,6,8H,2,4-5,7H2,1H3,(H,14,21)(H,15,17,18,19). The molecule has 0 unspecified atom stereocenters. The Kier molecular flexibility index (Phi) is 5.44. The zero-order chi connectivity index (χ0) is 15.1. The second-order valence-corrected chi connectivity index (χ2v) is 4.54. The van der Waals surface area contributed by atoms with Crippen LogP contribution < -0.4 is 10.6 Å². The van der Waals surface area contributed by atoms with E-state index in [0.717, 1.165) is 6.42 Å². The van der Waals surface area contributed by atoms with Crippen molar-refractivity contribution in [2.45, 2.75) is 19.8 Å². The molecule has 0 spiro atoms. The van der Waals surface area contributed by atoms with Gasteiger partial charge in [-0.2, -0.15) is 20.1 Å². The molecule has 0 aliphatic carbocycles.